The first kappa shape index (κ1) is 15.7. The Morgan fingerprint density at radius 2 is 1.88 bits per heavy atom. The van der Waals surface area contributed by atoms with Gasteiger partial charge in [-0.25, -0.2) is 14.4 Å². The highest BCUT2D eigenvalue weighted by Gasteiger charge is 2.22. The molecule has 4 rings (SSSR count). The van der Waals surface area contributed by atoms with Gasteiger partial charge >= 0.3 is 0 Å². The van der Waals surface area contributed by atoms with Crippen molar-refractivity contribution in [3.8, 4) is 22.8 Å². The summed E-state index contributed by atoms with van der Waals surface area (Å²) in [6.07, 6.45) is 2.68. The van der Waals surface area contributed by atoms with Gasteiger partial charge in [0, 0.05) is 37.0 Å². The molecule has 0 aliphatic carbocycles. The predicted molar refractivity (Wildman–Crippen MR) is 95.5 cm³/mol. The second-order valence-corrected chi connectivity index (χ2v) is 6.15. The van der Waals surface area contributed by atoms with Crippen molar-refractivity contribution in [2.45, 2.75) is 12.5 Å². The summed E-state index contributed by atoms with van der Waals surface area (Å²) in [5.41, 5.74) is 8.32. The zero-order chi connectivity index (χ0) is 17.2. The topological polar surface area (TPSA) is 67.9 Å². The summed E-state index contributed by atoms with van der Waals surface area (Å²) in [6.45, 7) is 1.63. The predicted octanol–water partition coefficient (Wildman–Crippen LogP) is 2.88. The molecule has 1 unspecified atom stereocenters. The molecule has 0 radical (unpaired) electrons. The molecule has 1 fully saturated rings. The first-order chi connectivity index (χ1) is 12.2. The summed E-state index contributed by atoms with van der Waals surface area (Å²) in [5.74, 6) is 1.09. The molecule has 2 aromatic heterocycles. The molecule has 25 heavy (non-hydrogen) atoms. The lowest BCUT2D eigenvalue weighted by Crippen LogP contribution is -2.27. The summed E-state index contributed by atoms with van der Waals surface area (Å²) in [4.78, 5) is 15.9. The molecule has 126 valence electrons. The van der Waals surface area contributed by atoms with Crippen LogP contribution in [0.5, 0.6) is 0 Å². The average molecular weight is 335 g/mol. The molecule has 5 nitrogen and oxygen atoms in total. The van der Waals surface area contributed by atoms with Crippen molar-refractivity contribution in [1.29, 1.82) is 0 Å². The van der Waals surface area contributed by atoms with Crippen molar-refractivity contribution < 1.29 is 4.39 Å². The number of nitrogens with zero attached hydrogens (tertiary/aromatic N) is 4. The third-order valence-corrected chi connectivity index (χ3v) is 4.29. The normalized spacial score (nSPS) is 17.0. The van der Waals surface area contributed by atoms with Gasteiger partial charge in [-0.3, -0.25) is 4.98 Å². The average Bonchev–Trinajstić information content (AvgIpc) is 3.09. The summed E-state index contributed by atoms with van der Waals surface area (Å²) in [6, 6.07) is 14.0. The van der Waals surface area contributed by atoms with E-state index in [0.29, 0.717) is 5.82 Å². The number of rotatable bonds is 3. The molecule has 3 aromatic rings. The highest BCUT2D eigenvalue weighted by Crippen LogP contribution is 2.27. The number of hydrogen-bond donors (Lipinski definition) is 1. The van der Waals surface area contributed by atoms with Gasteiger partial charge in [-0.2, -0.15) is 0 Å². The maximum Gasteiger partial charge on any atom is 0.162 e. The SMILES string of the molecule is NC1CCN(c2cc(-c3ccccn3)nc(-c3ccc(F)cc3)n2)C1. The first-order valence-corrected chi connectivity index (χ1v) is 8.26. The summed E-state index contributed by atoms with van der Waals surface area (Å²) < 4.78 is 13.2. The summed E-state index contributed by atoms with van der Waals surface area (Å²) >= 11 is 0. The Bertz CT molecular complexity index is 867. The Morgan fingerprint density at radius 1 is 1.04 bits per heavy atom. The van der Waals surface area contributed by atoms with Crippen LogP contribution in [-0.2, 0) is 0 Å². The molecular weight excluding hydrogens is 317 g/mol. The van der Waals surface area contributed by atoms with E-state index in [4.69, 9.17) is 5.73 Å². The summed E-state index contributed by atoms with van der Waals surface area (Å²) in [7, 11) is 0. The van der Waals surface area contributed by atoms with Crippen LogP contribution in [0, 0.1) is 5.82 Å². The van der Waals surface area contributed by atoms with E-state index < -0.39 is 0 Å². The number of aromatic nitrogens is 3. The number of anilines is 1. The largest absolute Gasteiger partial charge is 0.355 e. The fraction of sp³-hybridized carbons (Fsp3) is 0.211. The van der Waals surface area contributed by atoms with E-state index in [0.717, 1.165) is 42.3 Å². The Morgan fingerprint density at radius 3 is 2.56 bits per heavy atom. The molecule has 6 heteroatoms. The number of benzene rings is 1. The van der Waals surface area contributed by atoms with Crippen LogP contribution in [0.15, 0.2) is 54.7 Å². The van der Waals surface area contributed by atoms with E-state index in [-0.39, 0.29) is 11.9 Å². The van der Waals surface area contributed by atoms with Gasteiger partial charge in [0.15, 0.2) is 5.82 Å². The minimum Gasteiger partial charge on any atom is -0.355 e. The number of pyridine rings is 1. The molecular formula is C19H18FN5. The van der Waals surface area contributed by atoms with Crippen molar-refractivity contribution in [3.63, 3.8) is 0 Å². The highest BCUT2D eigenvalue weighted by atomic mass is 19.1. The van der Waals surface area contributed by atoms with Gasteiger partial charge in [0.2, 0.25) is 0 Å². The lowest BCUT2D eigenvalue weighted by molar-refractivity contribution is 0.628. The Kier molecular flexibility index (Phi) is 4.11. The molecule has 0 spiro atoms. The zero-order valence-electron chi connectivity index (χ0n) is 13.6. The second-order valence-electron chi connectivity index (χ2n) is 6.15. The molecule has 2 N–H and O–H groups in total. The Balaban J connectivity index is 1.81. The Labute approximate surface area is 145 Å². The number of hydrogen-bond acceptors (Lipinski definition) is 5. The molecule has 0 saturated carbocycles. The van der Waals surface area contributed by atoms with E-state index in [2.05, 4.69) is 19.9 Å². The maximum atomic E-state index is 13.2. The van der Waals surface area contributed by atoms with Crippen LogP contribution in [0.4, 0.5) is 10.2 Å². The Hall–Kier alpha value is -2.86. The van der Waals surface area contributed by atoms with Crippen molar-refractivity contribution in [2.75, 3.05) is 18.0 Å². The van der Waals surface area contributed by atoms with Crippen molar-refractivity contribution in [3.05, 3.63) is 60.5 Å². The second kappa shape index (κ2) is 6.57. The van der Waals surface area contributed by atoms with E-state index in [1.54, 1.807) is 18.3 Å². The van der Waals surface area contributed by atoms with Crippen molar-refractivity contribution in [2.24, 2.45) is 5.73 Å². The minimum absolute atomic E-state index is 0.155. The van der Waals surface area contributed by atoms with Crippen LogP contribution >= 0.6 is 0 Å². The van der Waals surface area contributed by atoms with Gasteiger partial charge in [0.25, 0.3) is 0 Å². The molecule has 0 amide bonds. The molecule has 1 aromatic carbocycles. The standard InChI is InChI=1S/C19H18FN5/c20-14-6-4-13(5-7-14)19-23-17(16-3-1-2-9-22-16)11-18(24-19)25-10-8-15(21)12-25/h1-7,9,11,15H,8,10,12,21H2. The minimum atomic E-state index is -0.282. The van der Waals surface area contributed by atoms with Gasteiger partial charge in [-0.1, -0.05) is 6.07 Å². The van der Waals surface area contributed by atoms with Crippen LogP contribution in [0.3, 0.4) is 0 Å². The third kappa shape index (κ3) is 3.34. The quantitative estimate of drug-likeness (QED) is 0.797. The monoisotopic (exact) mass is 335 g/mol. The van der Waals surface area contributed by atoms with Crippen LogP contribution in [-0.4, -0.2) is 34.1 Å². The molecule has 0 bridgehead atoms. The molecule has 1 aliphatic rings. The van der Waals surface area contributed by atoms with Crippen molar-refractivity contribution in [1.82, 2.24) is 15.0 Å². The molecule has 1 aliphatic heterocycles. The molecule has 1 atom stereocenters. The third-order valence-electron chi connectivity index (χ3n) is 4.29. The zero-order valence-corrected chi connectivity index (χ0v) is 13.6. The number of halogens is 1. The maximum absolute atomic E-state index is 13.2. The van der Waals surface area contributed by atoms with Gasteiger partial charge < -0.3 is 10.6 Å². The van der Waals surface area contributed by atoms with Crippen LogP contribution < -0.4 is 10.6 Å². The van der Waals surface area contributed by atoms with Crippen molar-refractivity contribution >= 4 is 5.82 Å². The smallest absolute Gasteiger partial charge is 0.162 e. The molecule has 1 saturated heterocycles. The van der Waals surface area contributed by atoms with E-state index in [1.807, 2.05) is 24.3 Å². The van der Waals surface area contributed by atoms with Crippen LogP contribution in [0.25, 0.3) is 22.8 Å². The number of nitrogens with two attached hydrogens (primary N) is 1. The van der Waals surface area contributed by atoms with Gasteiger partial charge in [0.1, 0.15) is 11.6 Å². The summed E-state index contributed by atoms with van der Waals surface area (Å²) in [5, 5.41) is 0. The fourth-order valence-electron chi connectivity index (χ4n) is 2.97. The van der Waals surface area contributed by atoms with Gasteiger partial charge in [-0.15, -0.1) is 0 Å². The van der Waals surface area contributed by atoms with E-state index in [1.165, 1.54) is 12.1 Å². The lowest BCUT2D eigenvalue weighted by Gasteiger charge is -2.18. The van der Waals surface area contributed by atoms with Gasteiger partial charge in [-0.05, 0) is 42.8 Å². The van der Waals surface area contributed by atoms with Crippen LogP contribution in [0.1, 0.15) is 6.42 Å². The van der Waals surface area contributed by atoms with E-state index >= 15 is 0 Å². The molecule has 3 heterocycles. The fourth-order valence-corrected chi connectivity index (χ4v) is 2.97. The lowest BCUT2D eigenvalue weighted by atomic mass is 10.2. The van der Waals surface area contributed by atoms with Crippen LogP contribution in [0.2, 0.25) is 0 Å². The van der Waals surface area contributed by atoms with E-state index in [9.17, 15) is 4.39 Å². The first-order valence-electron chi connectivity index (χ1n) is 8.26. The highest BCUT2D eigenvalue weighted by molar-refractivity contribution is 5.66. The van der Waals surface area contributed by atoms with Gasteiger partial charge in [0.05, 0.1) is 11.4 Å².